The van der Waals surface area contributed by atoms with E-state index in [1.807, 2.05) is 60.7 Å². The van der Waals surface area contributed by atoms with Crippen LogP contribution in [-0.4, -0.2) is 5.10 Å². The van der Waals surface area contributed by atoms with Crippen molar-refractivity contribution in [1.82, 2.24) is 5.10 Å². The van der Waals surface area contributed by atoms with Crippen molar-refractivity contribution >= 4 is 21.9 Å². The Morgan fingerprint density at radius 2 is 1.62 bits per heavy atom. The Morgan fingerprint density at radius 3 is 2.48 bits per heavy atom. The Morgan fingerprint density at radius 1 is 0.857 bits per heavy atom. The van der Waals surface area contributed by atoms with E-state index in [2.05, 4.69) is 5.10 Å². The predicted octanol–water partition coefficient (Wildman–Crippen LogP) is 2.62. The molecule has 0 atom stereocenters. The summed E-state index contributed by atoms with van der Waals surface area (Å²) < 4.78 is 6.69. The lowest BCUT2D eigenvalue weighted by molar-refractivity contribution is -0.683. The second-order valence-corrected chi connectivity index (χ2v) is 4.75. The standard InChI is InChI=1S/C17H11N2O2/c20-17-19(13-7-2-1-3-8-13)18-16-14-9-5-4-6-12(14)10-11-15(16)21-17/h1-11H/q+1. The molecule has 0 radical (unpaired) electrons. The molecule has 4 aromatic rings. The predicted molar refractivity (Wildman–Crippen MR) is 79.3 cm³/mol. The van der Waals surface area contributed by atoms with Gasteiger partial charge >= 0.3 is 5.76 Å². The average molecular weight is 275 g/mol. The highest BCUT2D eigenvalue weighted by Crippen LogP contribution is 2.21. The summed E-state index contributed by atoms with van der Waals surface area (Å²) >= 11 is 0. The van der Waals surface area contributed by atoms with E-state index in [4.69, 9.17) is 4.42 Å². The molecule has 1 aromatic heterocycles. The fraction of sp³-hybridized carbons (Fsp3) is 0. The van der Waals surface area contributed by atoms with Gasteiger partial charge in [0.05, 0.1) is 0 Å². The Labute approximate surface area is 119 Å². The van der Waals surface area contributed by atoms with Gasteiger partial charge in [-0.05, 0) is 11.5 Å². The van der Waals surface area contributed by atoms with E-state index in [9.17, 15) is 4.79 Å². The molecule has 4 heteroatoms. The molecule has 4 rings (SSSR count). The van der Waals surface area contributed by atoms with Crippen LogP contribution in [-0.2, 0) is 0 Å². The minimum absolute atomic E-state index is 0.492. The zero-order valence-corrected chi connectivity index (χ0v) is 11.1. The van der Waals surface area contributed by atoms with Crippen molar-refractivity contribution in [3.63, 3.8) is 0 Å². The van der Waals surface area contributed by atoms with Gasteiger partial charge in [-0.3, -0.25) is 0 Å². The van der Waals surface area contributed by atoms with Gasteiger partial charge < -0.3 is 4.42 Å². The number of para-hydroxylation sites is 1. The van der Waals surface area contributed by atoms with Gasteiger partial charge in [0.1, 0.15) is 0 Å². The van der Waals surface area contributed by atoms with Crippen LogP contribution in [0.4, 0.5) is 0 Å². The Bertz CT molecular complexity index is 1010. The molecule has 0 spiro atoms. The van der Waals surface area contributed by atoms with Crippen LogP contribution in [0.5, 0.6) is 0 Å². The molecule has 0 fully saturated rings. The SMILES string of the molecule is O=c1oc2ccc3ccccc3c2n[n+]1-c1ccccc1. The molecule has 0 aliphatic carbocycles. The minimum Gasteiger partial charge on any atom is -0.368 e. The van der Waals surface area contributed by atoms with Gasteiger partial charge in [0.2, 0.25) is 5.69 Å². The molecule has 0 aliphatic rings. The number of rotatable bonds is 1. The van der Waals surface area contributed by atoms with Gasteiger partial charge in [-0.2, -0.15) is 4.79 Å². The van der Waals surface area contributed by atoms with Crippen molar-refractivity contribution < 1.29 is 9.10 Å². The number of hydrogen-bond acceptors (Lipinski definition) is 3. The zero-order chi connectivity index (χ0) is 14.2. The van der Waals surface area contributed by atoms with Crippen molar-refractivity contribution in [1.29, 1.82) is 0 Å². The molecule has 4 nitrogen and oxygen atoms in total. The van der Waals surface area contributed by atoms with Crippen LogP contribution < -0.4 is 10.4 Å². The number of aromatic nitrogens is 2. The molecular formula is C17H11N2O2+. The van der Waals surface area contributed by atoms with Gasteiger partial charge in [0, 0.05) is 27.3 Å². The molecule has 1 heterocycles. The van der Waals surface area contributed by atoms with E-state index < -0.39 is 5.76 Å². The average Bonchev–Trinajstić information content (AvgIpc) is 2.55. The first-order chi connectivity index (χ1) is 10.3. The molecular weight excluding hydrogens is 264 g/mol. The zero-order valence-electron chi connectivity index (χ0n) is 11.1. The topological polar surface area (TPSA) is 47.0 Å². The van der Waals surface area contributed by atoms with Gasteiger partial charge in [-0.15, -0.1) is 0 Å². The molecule has 0 amide bonds. The van der Waals surface area contributed by atoms with Gasteiger partial charge in [0.15, 0.2) is 11.1 Å². The number of fused-ring (bicyclic) bond motifs is 3. The third-order valence-electron chi connectivity index (χ3n) is 3.43. The van der Waals surface area contributed by atoms with Crippen molar-refractivity contribution in [3.05, 3.63) is 77.3 Å². The van der Waals surface area contributed by atoms with Crippen molar-refractivity contribution in [2.45, 2.75) is 0 Å². The quantitative estimate of drug-likeness (QED) is 0.396. The maximum atomic E-state index is 12.1. The monoisotopic (exact) mass is 275 g/mol. The van der Waals surface area contributed by atoms with Crippen LogP contribution in [0.3, 0.4) is 0 Å². The van der Waals surface area contributed by atoms with Gasteiger partial charge in [0.25, 0.3) is 0 Å². The summed E-state index contributed by atoms with van der Waals surface area (Å²) in [7, 11) is 0. The third kappa shape index (κ3) is 1.89. The minimum atomic E-state index is -0.496. The second kappa shape index (κ2) is 4.52. The lowest BCUT2D eigenvalue weighted by Gasteiger charge is -1.99. The molecule has 0 saturated carbocycles. The molecule has 100 valence electrons. The summed E-state index contributed by atoms with van der Waals surface area (Å²) in [6.45, 7) is 0. The molecule has 0 bridgehead atoms. The maximum Gasteiger partial charge on any atom is 0.634 e. The number of nitrogens with zero attached hydrogens (tertiary/aromatic N) is 2. The first kappa shape index (κ1) is 11.8. The van der Waals surface area contributed by atoms with E-state index in [0.717, 1.165) is 10.8 Å². The second-order valence-electron chi connectivity index (χ2n) is 4.75. The van der Waals surface area contributed by atoms with E-state index >= 15 is 0 Å². The summed E-state index contributed by atoms with van der Waals surface area (Å²) in [6, 6.07) is 20.8. The highest BCUT2D eigenvalue weighted by Gasteiger charge is 2.18. The summed E-state index contributed by atoms with van der Waals surface area (Å²) in [5.74, 6) is -0.496. The molecule has 21 heavy (non-hydrogen) atoms. The number of hydrogen-bond donors (Lipinski definition) is 0. The van der Waals surface area contributed by atoms with Crippen molar-refractivity contribution in [3.8, 4) is 5.69 Å². The lowest BCUT2D eigenvalue weighted by atomic mass is 10.1. The largest absolute Gasteiger partial charge is 0.634 e. The fourth-order valence-corrected chi connectivity index (χ4v) is 2.43. The Hall–Kier alpha value is -3.01. The Kier molecular flexibility index (Phi) is 2.54. The van der Waals surface area contributed by atoms with Crippen molar-refractivity contribution in [2.24, 2.45) is 0 Å². The third-order valence-corrected chi connectivity index (χ3v) is 3.43. The first-order valence-electron chi connectivity index (χ1n) is 6.63. The van der Waals surface area contributed by atoms with Crippen LogP contribution in [0, 0.1) is 0 Å². The van der Waals surface area contributed by atoms with E-state index in [0.29, 0.717) is 16.8 Å². The van der Waals surface area contributed by atoms with E-state index in [-0.39, 0.29) is 0 Å². The summed E-state index contributed by atoms with van der Waals surface area (Å²) in [4.78, 5) is 12.1. The summed E-state index contributed by atoms with van der Waals surface area (Å²) in [6.07, 6.45) is 0. The van der Waals surface area contributed by atoms with Crippen LogP contribution in [0.2, 0.25) is 0 Å². The lowest BCUT2D eigenvalue weighted by Crippen LogP contribution is -2.50. The van der Waals surface area contributed by atoms with Gasteiger partial charge in [-0.1, -0.05) is 48.5 Å². The molecule has 0 aliphatic heterocycles. The van der Waals surface area contributed by atoms with E-state index in [1.54, 1.807) is 6.07 Å². The number of benzene rings is 3. The highest BCUT2D eigenvalue weighted by molar-refractivity contribution is 6.02. The Balaban J connectivity index is 2.12. The van der Waals surface area contributed by atoms with Crippen LogP contribution in [0.25, 0.3) is 27.6 Å². The summed E-state index contributed by atoms with van der Waals surface area (Å²) in [5, 5.41) is 6.51. The maximum absolute atomic E-state index is 12.1. The van der Waals surface area contributed by atoms with Crippen LogP contribution in [0.1, 0.15) is 0 Å². The van der Waals surface area contributed by atoms with Crippen molar-refractivity contribution in [2.75, 3.05) is 0 Å². The molecule has 0 saturated heterocycles. The fourth-order valence-electron chi connectivity index (χ4n) is 2.43. The van der Waals surface area contributed by atoms with Gasteiger partial charge in [-0.25, -0.2) is 0 Å². The van der Waals surface area contributed by atoms with E-state index in [1.165, 1.54) is 4.68 Å². The van der Waals surface area contributed by atoms with Crippen LogP contribution >= 0.6 is 0 Å². The normalized spacial score (nSPS) is 11.0. The molecule has 3 aromatic carbocycles. The molecule has 0 N–H and O–H groups in total. The highest BCUT2D eigenvalue weighted by atomic mass is 16.4. The first-order valence-corrected chi connectivity index (χ1v) is 6.63. The van der Waals surface area contributed by atoms with Crippen LogP contribution in [0.15, 0.2) is 75.9 Å². The molecule has 0 unspecified atom stereocenters. The smallest absolute Gasteiger partial charge is 0.368 e. The summed E-state index contributed by atoms with van der Waals surface area (Å²) in [5.41, 5.74) is 1.85.